The van der Waals surface area contributed by atoms with Crippen LogP contribution in [0.3, 0.4) is 0 Å². The van der Waals surface area contributed by atoms with E-state index in [2.05, 4.69) is 10.7 Å². The van der Waals surface area contributed by atoms with Crippen molar-refractivity contribution < 1.29 is 23.5 Å². The Morgan fingerprint density at radius 2 is 1.96 bits per heavy atom. The molecule has 23 heavy (non-hydrogen) atoms. The van der Waals surface area contributed by atoms with Crippen LogP contribution in [0.25, 0.3) is 11.0 Å². The van der Waals surface area contributed by atoms with Crippen molar-refractivity contribution >= 4 is 22.9 Å². The van der Waals surface area contributed by atoms with Gasteiger partial charge >= 0.3 is 17.6 Å². The van der Waals surface area contributed by atoms with Gasteiger partial charge in [0.1, 0.15) is 11.3 Å². The van der Waals surface area contributed by atoms with Crippen molar-refractivity contribution in [2.45, 2.75) is 19.8 Å². The summed E-state index contributed by atoms with van der Waals surface area (Å²) in [6.45, 7) is 1.66. The lowest BCUT2D eigenvalue weighted by Crippen LogP contribution is -2.12. The first-order valence-corrected chi connectivity index (χ1v) is 6.84. The molecule has 1 aromatic carbocycles. The second-order valence-corrected chi connectivity index (χ2v) is 4.75. The summed E-state index contributed by atoms with van der Waals surface area (Å²) in [5.74, 6) is 1.22. The molecule has 0 bridgehead atoms. The van der Waals surface area contributed by atoms with E-state index in [9.17, 15) is 14.4 Å². The van der Waals surface area contributed by atoms with Crippen molar-refractivity contribution in [3.63, 3.8) is 0 Å². The third-order valence-corrected chi connectivity index (χ3v) is 3.00. The Kier molecular flexibility index (Phi) is 5.15. The molecule has 2 aromatic rings. The van der Waals surface area contributed by atoms with Gasteiger partial charge in [0.25, 0.3) is 0 Å². The molecule has 0 aliphatic carbocycles. The average molecular weight is 314 g/mol. The Labute approximate surface area is 132 Å². The lowest BCUT2D eigenvalue weighted by molar-refractivity contribution is -0.145. The number of aryl methyl sites for hydroxylation is 1. The highest BCUT2D eigenvalue weighted by Gasteiger charge is 2.11. The molecular weight excluding hydrogens is 300 g/mol. The van der Waals surface area contributed by atoms with E-state index in [4.69, 9.17) is 15.6 Å². The van der Waals surface area contributed by atoms with Crippen molar-refractivity contribution in [3.8, 4) is 18.1 Å². The van der Waals surface area contributed by atoms with Crippen molar-refractivity contribution in [1.82, 2.24) is 0 Å². The average Bonchev–Trinajstić information content (AvgIpc) is 2.50. The van der Waals surface area contributed by atoms with E-state index in [1.165, 1.54) is 12.1 Å². The molecule has 0 amide bonds. The topological polar surface area (TPSA) is 82.8 Å². The SMILES string of the molecule is C#CCOC(=O)CCC(=O)Oc1ccc2c(C)cc(=O)oc2c1. The van der Waals surface area contributed by atoms with Gasteiger partial charge in [-0.15, -0.1) is 6.42 Å². The summed E-state index contributed by atoms with van der Waals surface area (Å²) in [7, 11) is 0. The highest BCUT2D eigenvalue weighted by molar-refractivity contribution is 5.83. The molecule has 6 nitrogen and oxygen atoms in total. The van der Waals surface area contributed by atoms with Crippen LogP contribution in [0.15, 0.2) is 33.5 Å². The second kappa shape index (κ2) is 7.27. The van der Waals surface area contributed by atoms with Crippen molar-refractivity contribution in [3.05, 3.63) is 40.2 Å². The number of carbonyl (C=O) groups is 2. The first-order chi connectivity index (χ1) is 11.0. The van der Waals surface area contributed by atoms with Crippen LogP contribution in [-0.2, 0) is 14.3 Å². The molecule has 0 N–H and O–H groups in total. The number of fused-ring (bicyclic) bond motifs is 1. The van der Waals surface area contributed by atoms with Gasteiger partial charge in [-0.25, -0.2) is 4.79 Å². The maximum atomic E-state index is 11.7. The summed E-state index contributed by atoms with van der Waals surface area (Å²) in [5.41, 5.74) is 0.619. The van der Waals surface area contributed by atoms with Gasteiger partial charge in [-0.1, -0.05) is 5.92 Å². The molecular formula is C17H14O6. The van der Waals surface area contributed by atoms with E-state index >= 15 is 0 Å². The zero-order valence-electron chi connectivity index (χ0n) is 12.5. The molecule has 1 aromatic heterocycles. The van der Waals surface area contributed by atoms with E-state index in [-0.39, 0.29) is 25.2 Å². The molecule has 0 saturated carbocycles. The summed E-state index contributed by atoms with van der Waals surface area (Å²) >= 11 is 0. The Hall–Kier alpha value is -3.07. The van der Waals surface area contributed by atoms with Gasteiger partial charge in [0, 0.05) is 17.5 Å². The number of ether oxygens (including phenoxy) is 2. The standard InChI is InChI=1S/C17H14O6/c1-3-8-21-15(18)6-7-16(19)22-12-4-5-13-11(2)9-17(20)23-14(13)10-12/h1,4-5,9-10H,6-8H2,2H3. The van der Waals surface area contributed by atoms with Crippen LogP contribution in [0.1, 0.15) is 18.4 Å². The van der Waals surface area contributed by atoms with Gasteiger partial charge in [0.15, 0.2) is 6.61 Å². The van der Waals surface area contributed by atoms with Gasteiger partial charge in [0.05, 0.1) is 12.8 Å². The Morgan fingerprint density at radius 1 is 1.22 bits per heavy atom. The lowest BCUT2D eigenvalue weighted by Gasteiger charge is -2.06. The largest absolute Gasteiger partial charge is 0.452 e. The molecule has 0 spiro atoms. The number of carbonyl (C=O) groups excluding carboxylic acids is 2. The first-order valence-electron chi connectivity index (χ1n) is 6.84. The number of benzene rings is 1. The first kappa shape index (κ1) is 16.3. The van der Waals surface area contributed by atoms with Crippen LogP contribution in [0.4, 0.5) is 0 Å². The molecule has 0 aliphatic heterocycles. The third kappa shape index (κ3) is 4.45. The fourth-order valence-electron chi connectivity index (χ4n) is 1.95. The van der Waals surface area contributed by atoms with E-state index in [1.54, 1.807) is 19.1 Å². The number of hydrogen-bond acceptors (Lipinski definition) is 6. The molecule has 2 rings (SSSR count). The number of hydrogen-bond donors (Lipinski definition) is 0. The Balaban J connectivity index is 2.01. The molecule has 0 unspecified atom stereocenters. The molecule has 0 fully saturated rings. The summed E-state index contributed by atoms with van der Waals surface area (Å²) in [6, 6.07) is 6.12. The van der Waals surface area contributed by atoms with E-state index in [1.807, 2.05) is 0 Å². The monoisotopic (exact) mass is 314 g/mol. The highest BCUT2D eigenvalue weighted by atomic mass is 16.5. The van der Waals surface area contributed by atoms with E-state index in [0.29, 0.717) is 5.58 Å². The maximum Gasteiger partial charge on any atom is 0.336 e. The van der Waals surface area contributed by atoms with Gasteiger partial charge in [0.2, 0.25) is 0 Å². The normalized spacial score (nSPS) is 10.1. The lowest BCUT2D eigenvalue weighted by atomic mass is 10.1. The van der Waals surface area contributed by atoms with Gasteiger partial charge in [-0.2, -0.15) is 0 Å². The molecule has 0 radical (unpaired) electrons. The maximum absolute atomic E-state index is 11.7. The Morgan fingerprint density at radius 3 is 2.70 bits per heavy atom. The zero-order valence-corrected chi connectivity index (χ0v) is 12.5. The molecule has 0 saturated heterocycles. The smallest absolute Gasteiger partial charge is 0.336 e. The van der Waals surface area contributed by atoms with Crippen LogP contribution < -0.4 is 10.4 Å². The predicted octanol–water partition coefficient (Wildman–Crippen LogP) is 1.96. The summed E-state index contributed by atoms with van der Waals surface area (Å²) in [4.78, 5) is 34.3. The summed E-state index contributed by atoms with van der Waals surface area (Å²) in [6.07, 6.45) is 4.69. The van der Waals surface area contributed by atoms with Crippen LogP contribution in [0.5, 0.6) is 5.75 Å². The zero-order chi connectivity index (χ0) is 16.8. The second-order valence-electron chi connectivity index (χ2n) is 4.75. The van der Waals surface area contributed by atoms with Crippen molar-refractivity contribution in [2.24, 2.45) is 0 Å². The van der Waals surface area contributed by atoms with Gasteiger partial charge < -0.3 is 13.9 Å². The van der Waals surface area contributed by atoms with Crippen LogP contribution >= 0.6 is 0 Å². The molecule has 1 heterocycles. The Bertz CT molecular complexity index is 840. The van der Waals surface area contributed by atoms with Gasteiger partial charge in [-0.3, -0.25) is 9.59 Å². The molecule has 6 heteroatoms. The molecule has 118 valence electrons. The minimum Gasteiger partial charge on any atom is -0.452 e. The van der Waals surface area contributed by atoms with E-state index < -0.39 is 17.6 Å². The van der Waals surface area contributed by atoms with Crippen LogP contribution in [-0.4, -0.2) is 18.5 Å². The summed E-state index contributed by atoms with van der Waals surface area (Å²) in [5, 5.41) is 0.752. The number of rotatable bonds is 5. The van der Waals surface area contributed by atoms with Crippen molar-refractivity contribution in [2.75, 3.05) is 6.61 Å². The van der Waals surface area contributed by atoms with Gasteiger partial charge in [-0.05, 0) is 24.6 Å². The summed E-state index contributed by atoms with van der Waals surface area (Å²) < 4.78 is 14.8. The minimum absolute atomic E-state index is 0.123. The fourth-order valence-corrected chi connectivity index (χ4v) is 1.95. The quantitative estimate of drug-likeness (QED) is 0.363. The van der Waals surface area contributed by atoms with Crippen LogP contribution in [0, 0.1) is 19.3 Å². The number of terminal acetylenes is 1. The van der Waals surface area contributed by atoms with E-state index in [0.717, 1.165) is 10.9 Å². The minimum atomic E-state index is -0.600. The fraction of sp³-hybridized carbons (Fsp3) is 0.235. The number of esters is 2. The third-order valence-electron chi connectivity index (χ3n) is 3.00. The predicted molar refractivity (Wildman–Crippen MR) is 81.9 cm³/mol. The van der Waals surface area contributed by atoms with Crippen LogP contribution in [0.2, 0.25) is 0 Å². The van der Waals surface area contributed by atoms with Crippen molar-refractivity contribution in [1.29, 1.82) is 0 Å². The molecule has 0 atom stereocenters. The highest BCUT2D eigenvalue weighted by Crippen LogP contribution is 2.22. The molecule has 0 aliphatic rings.